The van der Waals surface area contributed by atoms with E-state index >= 15 is 0 Å². The molecule has 1 aliphatic heterocycles. The number of fused-ring (bicyclic) bond motifs is 1. The van der Waals surface area contributed by atoms with E-state index < -0.39 is 5.63 Å². The van der Waals surface area contributed by atoms with Gasteiger partial charge in [0.05, 0.1) is 16.3 Å². The van der Waals surface area contributed by atoms with E-state index in [9.17, 15) is 9.59 Å². The number of aromatic nitrogens is 1. The zero-order valence-corrected chi connectivity index (χ0v) is 15.9. The summed E-state index contributed by atoms with van der Waals surface area (Å²) in [5.74, 6) is 0.499. The molecule has 0 saturated carbocycles. The number of hydrogen-bond donors (Lipinski definition) is 0. The van der Waals surface area contributed by atoms with E-state index in [1.54, 1.807) is 18.2 Å². The van der Waals surface area contributed by atoms with Crippen molar-refractivity contribution in [1.29, 1.82) is 0 Å². The smallest absolute Gasteiger partial charge is 0.345 e. The van der Waals surface area contributed by atoms with E-state index in [1.165, 1.54) is 17.8 Å². The van der Waals surface area contributed by atoms with Crippen LogP contribution in [-0.4, -0.2) is 35.5 Å². The molecule has 1 fully saturated rings. The van der Waals surface area contributed by atoms with Crippen molar-refractivity contribution in [2.24, 2.45) is 0 Å². The minimum absolute atomic E-state index is 0.00801. The summed E-state index contributed by atoms with van der Waals surface area (Å²) in [6.45, 7) is 3.48. The van der Waals surface area contributed by atoms with Crippen molar-refractivity contribution in [2.75, 3.05) is 19.7 Å². The number of piperidine rings is 1. The maximum atomic E-state index is 12.3. The zero-order chi connectivity index (χ0) is 18.8. The van der Waals surface area contributed by atoms with Crippen LogP contribution in [0.5, 0.6) is 5.75 Å². The number of amides is 1. The second kappa shape index (κ2) is 7.52. The molecule has 1 aromatic carbocycles. The fourth-order valence-electron chi connectivity index (χ4n) is 3.23. The summed E-state index contributed by atoms with van der Waals surface area (Å²) in [6.07, 6.45) is 3.28. The predicted octanol–water partition coefficient (Wildman–Crippen LogP) is 3.62. The van der Waals surface area contributed by atoms with Gasteiger partial charge in [-0.1, -0.05) is 0 Å². The number of likely N-dealkylation sites (tertiary alicyclic amines) is 1. The molecule has 1 amide bonds. The summed E-state index contributed by atoms with van der Waals surface area (Å²) < 4.78 is 11.1. The molecule has 0 N–H and O–H groups in total. The van der Waals surface area contributed by atoms with E-state index in [1.807, 2.05) is 23.3 Å². The minimum Gasteiger partial charge on any atom is -0.484 e. The van der Waals surface area contributed by atoms with Gasteiger partial charge in [0.15, 0.2) is 6.61 Å². The van der Waals surface area contributed by atoms with Gasteiger partial charge in [0.1, 0.15) is 11.3 Å². The van der Waals surface area contributed by atoms with Crippen LogP contribution >= 0.6 is 11.3 Å². The van der Waals surface area contributed by atoms with E-state index in [2.05, 4.69) is 4.98 Å². The minimum atomic E-state index is -0.436. The van der Waals surface area contributed by atoms with E-state index in [0.717, 1.165) is 36.3 Å². The Labute approximate surface area is 160 Å². The highest BCUT2D eigenvalue weighted by atomic mass is 32.1. The molecule has 4 rings (SSSR count). The third-order valence-corrected chi connectivity index (χ3v) is 5.45. The number of thiazole rings is 1. The molecule has 0 spiro atoms. The number of ether oxygens (including phenoxy) is 1. The lowest BCUT2D eigenvalue weighted by Crippen LogP contribution is -2.38. The topological polar surface area (TPSA) is 72.6 Å². The summed E-state index contributed by atoms with van der Waals surface area (Å²) in [5, 5.41) is 3.52. The highest BCUT2D eigenvalue weighted by Crippen LogP contribution is 2.25. The lowest BCUT2D eigenvalue weighted by molar-refractivity contribution is -0.134. The lowest BCUT2D eigenvalue weighted by Gasteiger charge is -2.26. The van der Waals surface area contributed by atoms with E-state index in [0.29, 0.717) is 22.6 Å². The Morgan fingerprint density at radius 3 is 2.81 bits per heavy atom. The molecule has 7 heteroatoms. The average Bonchev–Trinajstić information content (AvgIpc) is 3.12. The Morgan fingerprint density at radius 1 is 1.26 bits per heavy atom. The fraction of sp³-hybridized carbons (Fsp3) is 0.350. The van der Waals surface area contributed by atoms with Crippen molar-refractivity contribution in [1.82, 2.24) is 9.88 Å². The van der Waals surface area contributed by atoms with Gasteiger partial charge >= 0.3 is 5.63 Å². The number of nitrogens with zero attached hydrogens (tertiary/aromatic N) is 2. The molecule has 140 valence electrons. The molecular weight excluding hydrogens is 364 g/mol. The largest absolute Gasteiger partial charge is 0.484 e. The fourth-order valence-corrected chi connectivity index (χ4v) is 3.84. The maximum Gasteiger partial charge on any atom is 0.345 e. The quantitative estimate of drug-likeness (QED) is 0.643. The molecule has 1 aliphatic rings. The van der Waals surface area contributed by atoms with Crippen LogP contribution in [0.3, 0.4) is 0 Å². The van der Waals surface area contributed by atoms with E-state index in [4.69, 9.17) is 9.15 Å². The van der Waals surface area contributed by atoms with Crippen LogP contribution in [0, 0.1) is 6.92 Å². The van der Waals surface area contributed by atoms with Crippen LogP contribution in [0.15, 0.2) is 38.9 Å². The first kappa shape index (κ1) is 17.7. The second-order valence-electron chi connectivity index (χ2n) is 6.63. The average molecular weight is 384 g/mol. The van der Waals surface area contributed by atoms with Crippen LogP contribution in [0.1, 0.15) is 24.3 Å². The van der Waals surface area contributed by atoms with Crippen molar-refractivity contribution >= 4 is 28.2 Å². The molecule has 3 aromatic rings. The summed E-state index contributed by atoms with van der Waals surface area (Å²) >= 11 is 1.49. The van der Waals surface area contributed by atoms with E-state index in [-0.39, 0.29) is 12.5 Å². The van der Waals surface area contributed by atoms with Gasteiger partial charge in [-0.05, 0) is 44.4 Å². The van der Waals surface area contributed by atoms with Crippen molar-refractivity contribution in [2.45, 2.75) is 26.2 Å². The van der Waals surface area contributed by atoms with Crippen LogP contribution in [0.4, 0.5) is 0 Å². The van der Waals surface area contributed by atoms with Gasteiger partial charge in [-0.25, -0.2) is 9.78 Å². The number of carbonyl (C=O) groups excluding carboxylic acids is 1. The first-order valence-corrected chi connectivity index (χ1v) is 9.89. The summed E-state index contributed by atoms with van der Waals surface area (Å²) in [4.78, 5) is 30.7. The van der Waals surface area contributed by atoms with Crippen LogP contribution in [0.2, 0.25) is 0 Å². The van der Waals surface area contributed by atoms with Crippen molar-refractivity contribution in [3.63, 3.8) is 0 Å². The summed E-state index contributed by atoms with van der Waals surface area (Å²) in [6, 6.07) is 7.03. The highest BCUT2D eigenvalue weighted by molar-refractivity contribution is 7.09. The standard InChI is InChI=1S/C20H20N2O4S/c1-13-21-17(12-27-13)16-9-14-5-6-15(10-18(14)26-20(16)24)25-11-19(23)22-7-3-2-4-8-22/h5-6,9-10,12H,2-4,7-8,11H2,1H3. The van der Waals surface area contributed by atoms with Gasteiger partial charge in [-0.15, -0.1) is 11.3 Å². The number of hydrogen-bond acceptors (Lipinski definition) is 6. The molecule has 2 aromatic heterocycles. The first-order chi connectivity index (χ1) is 13.1. The van der Waals surface area contributed by atoms with Crippen LogP contribution < -0.4 is 10.4 Å². The van der Waals surface area contributed by atoms with Gasteiger partial charge in [0.25, 0.3) is 5.91 Å². The zero-order valence-electron chi connectivity index (χ0n) is 15.1. The molecule has 0 bridgehead atoms. The Kier molecular flexibility index (Phi) is 4.94. The van der Waals surface area contributed by atoms with Gasteiger partial charge in [-0.3, -0.25) is 4.79 Å². The SMILES string of the molecule is Cc1nc(-c2cc3ccc(OCC(=O)N4CCCCC4)cc3oc2=O)cs1. The van der Waals surface area contributed by atoms with Gasteiger partial charge in [0.2, 0.25) is 0 Å². The van der Waals surface area contributed by atoms with Gasteiger partial charge in [-0.2, -0.15) is 0 Å². The molecule has 0 aliphatic carbocycles. The molecule has 3 heterocycles. The molecule has 6 nitrogen and oxygen atoms in total. The lowest BCUT2D eigenvalue weighted by atomic mass is 10.1. The van der Waals surface area contributed by atoms with Gasteiger partial charge < -0.3 is 14.1 Å². The number of aryl methyl sites for hydroxylation is 1. The first-order valence-electron chi connectivity index (χ1n) is 9.01. The molecule has 0 atom stereocenters. The van der Waals surface area contributed by atoms with Crippen LogP contribution in [0.25, 0.3) is 22.2 Å². The highest BCUT2D eigenvalue weighted by Gasteiger charge is 2.17. The Hall–Kier alpha value is -2.67. The third kappa shape index (κ3) is 3.88. The van der Waals surface area contributed by atoms with Crippen LogP contribution in [-0.2, 0) is 4.79 Å². The van der Waals surface area contributed by atoms with Crippen molar-refractivity contribution in [3.05, 3.63) is 45.1 Å². The number of benzene rings is 1. The second-order valence-corrected chi connectivity index (χ2v) is 7.69. The third-order valence-electron chi connectivity index (χ3n) is 4.67. The predicted molar refractivity (Wildman–Crippen MR) is 104 cm³/mol. The van der Waals surface area contributed by atoms with Crippen molar-refractivity contribution in [3.8, 4) is 17.0 Å². The molecule has 1 saturated heterocycles. The molecular formula is C20H20N2O4S. The normalized spacial score (nSPS) is 14.5. The Balaban J connectivity index is 1.52. The number of rotatable bonds is 4. The number of carbonyl (C=O) groups is 1. The summed E-state index contributed by atoms with van der Waals surface area (Å²) in [7, 11) is 0. The van der Waals surface area contributed by atoms with Gasteiger partial charge in [0, 0.05) is 29.9 Å². The molecule has 27 heavy (non-hydrogen) atoms. The Morgan fingerprint density at radius 2 is 2.07 bits per heavy atom. The monoisotopic (exact) mass is 384 g/mol. The Bertz CT molecular complexity index is 1030. The molecule has 0 radical (unpaired) electrons. The maximum absolute atomic E-state index is 12.3. The summed E-state index contributed by atoms with van der Waals surface area (Å²) in [5.41, 5.74) is 1.06. The molecule has 0 unspecified atom stereocenters. The van der Waals surface area contributed by atoms with Crippen molar-refractivity contribution < 1.29 is 13.9 Å².